The van der Waals surface area contributed by atoms with Crippen molar-refractivity contribution in [3.63, 3.8) is 0 Å². The number of benzene rings is 3. The molecule has 0 aliphatic carbocycles. The number of primary amides is 1. The number of hydrogen-bond acceptors (Lipinski definition) is 4. The lowest BCUT2D eigenvalue weighted by Crippen LogP contribution is -2.19. The van der Waals surface area contributed by atoms with Gasteiger partial charge in [0, 0.05) is 23.9 Å². The Labute approximate surface area is 182 Å². The van der Waals surface area contributed by atoms with Gasteiger partial charge in [0.15, 0.2) is 5.75 Å². The Hall–Kier alpha value is -3.42. The number of phenolic OH excluding ortho intramolecular Hbond substituents is 1. The number of ether oxygens (including phenoxy) is 1. The maximum atomic E-state index is 11.2. The van der Waals surface area contributed by atoms with Crippen LogP contribution in [0.4, 0.5) is 16.2 Å². The van der Waals surface area contributed by atoms with Crippen LogP contribution in [0, 0.1) is 0 Å². The van der Waals surface area contributed by atoms with Crippen LogP contribution < -0.4 is 21.1 Å². The lowest BCUT2D eigenvalue weighted by Gasteiger charge is -2.13. The fraction of sp³-hybridized carbons (Fsp3) is 0.0476. The summed E-state index contributed by atoms with van der Waals surface area (Å²) in [5.41, 5.74) is 7.26. The standard InChI is InChI=1S/C21H17Cl2N3O4/c1-11(27)25-14-8-17(22)20(18(23)9-14)30-15-6-7-19(28)16(10-15)12-2-4-13(5-3-12)26-21(24)29/h2-10,28H,1H3,(H,25,27)(H3,24,26,29). The molecule has 30 heavy (non-hydrogen) atoms. The van der Waals surface area contributed by atoms with Gasteiger partial charge in [0.25, 0.3) is 0 Å². The van der Waals surface area contributed by atoms with Crippen molar-refractivity contribution in [2.45, 2.75) is 6.92 Å². The lowest BCUT2D eigenvalue weighted by molar-refractivity contribution is -0.114. The molecular weight excluding hydrogens is 429 g/mol. The lowest BCUT2D eigenvalue weighted by atomic mass is 10.0. The molecule has 0 saturated carbocycles. The summed E-state index contributed by atoms with van der Waals surface area (Å²) in [4.78, 5) is 22.1. The number of aromatic hydroxyl groups is 1. The second-order valence-corrected chi connectivity index (χ2v) is 7.11. The number of amides is 3. The predicted molar refractivity (Wildman–Crippen MR) is 118 cm³/mol. The molecule has 3 aromatic carbocycles. The van der Waals surface area contributed by atoms with Crippen molar-refractivity contribution in [2.75, 3.05) is 10.6 Å². The smallest absolute Gasteiger partial charge is 0.316 e. The third kappa shape index (κ3) is 5.14. The number of anilines is 2. The second kappa shape index (κ2) is 8.94. The highest BCUT2D eigenvalue weighted by molar-refractivity contribution is 6.37. The highest BCUT2D eigenvalue weighted by Gasteiger charge is 2.14. The average molecular weight is 446 g/mol. The maximum Gasteiger partial charge on any atom is 0.316 e. The third-order valence-corrected chi connectivity index (χ3v) is 4.53. The zero-order chi connectivity index (χ0) is 21.8. The van der Waals surface area contributed by atoms with Gasteiger partial charge in [-0.15, -0.1) is 0 Å². The van der Waals surface area contributed by atoms with Crippen LogP contribution in [-0.4, -0.2) is 17.0 Å². The third-order valence-electron chi connectivity index (χ3n) is 3.97. The van der Waals surface area contributed by atoms with Gasteiger partial charge < -0.3 is 26.2 Å². The van der Waals surface area contributed by atoms with E-state index in [1.807, 2.05) is 0 Å². The normalized spacial score (nSPS) is 10.4. The molecule has 0 aliphatic heterocycles. The van der Waals surface area contributed by atoms with Crippen molar-refractivity contribution >= 4 is 46.5 Å². The van der Waals surface area contributed by atoms with Gasteiger partial charge >= 0.3 is 6.03 Å². The first-order valence-electron chi connectivity index (χ1n) is 8.67. The Bertz CT molecular complexity index is 1090. The summed E-state index contributed by atoms with van der Waals surface area (Å²) in [5, 5.41) is 15.8. The van der Waals surface area contributed by atoms with Crippen LogP contribution in [0.2, 0.25) is 10.0 Å². The quantitative estimate of drug-likeness (QED) is 0.408. The average Bonchev–Trinajstić information content (AvgIpc) is 2.66. The van der Waals surface area contributed by atoms with E-state index in [-0.39, 0.29) is 27.5 Å². The van der Waals surface area contributed by atoms with Gasteiger partial charge in [-0.3, -0.25) is 4.79 Å². The topological polar surface area (TPSA) is 114 Å². The number of halogens is 2. The number of hydrogen-bond donors (Lipinski definition) is 4. The van der Waals surface area contributed by atoms with Crippen LogP contribution in [0.25, 0.3) is 11.1 Å². The molecule has 0 spiro atoms. The van der Waals surface area contributed by atoms with E-state index in [4.69, 9.17) is 33.7 Å². The van der Waals surface area contributed by atoms with Gasteiger partial charge in [-0.2, -0.15) is 0 Å². The molecule has 3 amide bonds. The molecule has 0 heterocycles. The van der Waals surface area contributed by atoms with Crippen molar-refractivity contribution < 1.29 is 19.4 Å². The highest BCUT2D eigenvalue weighted by atomic mass is 35.5. The molecule has 7 nitrogen and oxygen atoms in total. The Morgan fingerprint density at radius 2 is 1.57 bits per heavy atom. The van der Waals surface area contributed by atoms with Gasteiger partial charge in [0.2, 0.25) is 5.91 Å². The summed E-state index contributed by atoms with van der Waals surface area (Å²) < 4.78 is 5.83. The molecule has 0 radical (unpaired) electrons. The SMILES string of the molecule is CC(=O)Nc1cc(Cl)c(Oc2ccc(O)c(-c3ccc(NC(N)=O)cc3)c2)c(Cl)c1. The van der Waals surface area contributed by atoms with Crippen molar-refractivity contribution in [3.8, 4) is 28.4 Å². The second-order valence-electron chi connectivity index (χ2n) is 6.30. The Morgan fingerprint density at radius 3 is 2.13 bits per heavy atom. The minimum atomic E-state index is -0.667. The molecule has 0 bridgehead atoms. The summed E-state index contributed by atoms with van der Waals surface area (Å²) in [6.45, 7) is 1.38. The monoisotopic (exact) mass is 445 g/mol. The van der Waals surface area contributed by atoms with Crippen LogP contribution in [0.5, 0.6) is 17.2 Å². The molecule has 9 heteroatoms. The molecule has 5 N–H and O–H groups in total. The van der Waals surface area contributed by atoms with Crippen molar-refractivity contribution in [1.29, 1.82) is 0 Å². The van der Waals surface area contributed by atoms with Crippen LogP contribution in [0.3, 0.4) is 0 Å². The number of nitrogens with two attached hydrogens (primary N) is 1. The van der Waals surface area contributed by atoms with Crippen molar-refractivity contribution in [1.82, 2.24) is 0 Å². The van der Waals surface area contributed by atoms with Crippen molar-refractivity contribution in [3.05, 3.63) is 64.6 Å². The van der Waals surface area contributed by atoms with Gasteiger partial charge in [-0.25, -0.2) is 4.79 Å². The zero-order valence-corrected chi connectivity index (χ0v) is 17.2. The minimum absolute atomic E-state index is 0.0381. The summed E-state index contributed by atoms with van der Waals surface area (Å²) >= 11 is 12.5. The van der Waals surface area contributed by atoms with Crippen LogP contribution in [-0.2, 0) is 4.79 Å². The van der Waals surface area contributed by atoms with Gasteiger partial charge in [-0.05, 0) is 48.0 Å². The highest BCUT2D eigenvalue weighted by Crippen LogP contribution is 2.41. The molecule has 0 fully saturated rings. The largest absolute Gasteiger partial charge is 0.507 e. The molecular formula is C21H17Cl2N3O4. The minimum Gasteiger partial charge on any atom is -0.507 e. The van der Waals surface area contributed by atoms with E-state index in [2.05, 4.69) is 10.6 Å². The molecule has 0 unspecified atom stereocenters. The Kier molecular flexibility index (Phi) is 6.34. The number of rotatable bonds is 5. The first-order chi connectivity index (χ1) is 14.2. The molecule has 0 aliphatic rings. The van der Waals surface area contributed by atoms with Crippen LogP contribution >= 0.6 is 23.2 Å². The van der Waals surface area contributed by atoms with Gasteiger partial charge in [0.05, 0.1) is 10.0 Å². The molecule has 0 saturated heterocycles. The predicted octanol–water partition coefficient (Wildman–Crippen LogP) is 5.61. The summed E-state index contributed by atoms with van der Waals surface area (Å²) in [5.74, 6) is 0.385. The fourth-order valence-corrected chi connectivity index (χ4v) is 3.30. The zero-order valence-electron chi connectivity index (χ0n) is 15.7. The molecule has 3 aromatic rings. The van der Waals surface area contributed by atoms with E-state index in [0.717, 1.165) is 0 Å². The van der Waals surface area contributed by atoms with Gasteiger partial charge in [0.1, 0.15) is 11.5 Å². The molecule has 3 rings (SSSR count). The van der Waals surface area contributed by atoms with E-state index in [9.17, 15) is 14.7 Å². The number of nitrogens with one attached hydrogen (secondary N) is 2. The van der Waals surface area contributed by atoms with Crippen LogP contribution in [0.1, 0.15) is 6.92 Å². The molecule has 0 atom stereocenters. The summed E-state index contributed by atoms with van der Waals surface area (Å²) in [6.07, 6.45) is 0. The summed E-state index contributed by atoms with van der Waals surface area (Å²) in [6, 6.07) is 13.8. The Morgan fingerprint density at radius 1 is 0.933 bits per heavy atom. The number of carbonyl (C=O) groups is 2. The van der Waals surface area contributed by atoms with E-state index in [0.29, 0.717) is 28.3 Å². The number of carbonyl (C=O) groups excluding carboxylic acids is 2. The molecule has 154 valence electrons. The van der Waals surface area contributed by atoms with Crippen molar-refractivity contribution in [2.24, 2.45) is 5.73 Å². The van der Waals surface area contributed by atoms with E-state index < -0.39 is 6.03 Å². The van der Waals surface area contributed by atoms with E-state index >= 15 is 0 Å². The van der Waals surface area contributed by atoms with Crippen LogP contribution in [0.15, 0.2) is 54.6 Å². The summed E-state index contributed by atoms with van der Waals surface area (Å²) in [7, 11) is 0. The number of phenols is 1. The first kappa shape index (κ1) is 21.3. The molecule has 0 aromatic heterocycles. The van der Waals surface area contributed by atoms with Gasteiger partial charge in [-0.1, -0.05) is 35.3 Å². The number of urea groups is 1. The van der Waals surface area contributed by atoms with E-state index in [1.165, 1.54) is 25.1 Å². The maximum absolute atomic E-state index is 11.2. The first-order valence-corrected chi connectivity index (χ1v) is 9.43. The Balaban J connectivity index is 1.89. The van der Waals surface area contributed by atoms with E-state index in [1.54, 1.807) is 36.4 Å². The fourth-order valence-electron chi connectivity index (χ4n) is 2.74.